The monoisotopic (exact) mass is 605 g/mol. The number of halogens is 14. The van der Waals surface area contributed by atoms with Crippen LogP contribution in [0.2, 0.25) is 0 Å². The summed E-state index contributed by atoms with van der Waals surface area (Å²) in [6, 6.07) is 0. The predicted octanol–water partition coefficient (Wildman–Crippen LogP) is 10.6. The lowest BCUT2D eigenvalue weighted by Gasteiger charge is -2.22. The maximum Gasteiger partial charge on any atom is 0.530 e. The largest absolute Gasteiger partial charge is 0.530 e. The zero-order valence-electron chi connectivity index (χ0n) is 14.5. The molecule has 0 aromatic carbocycles. The van der Waals surface area contributed by atoms with Crippen molar-refractivity contribution < 1.29 is 74.1 Å². The predicted molar refractivity (Wildman–Crippen MR) is 85.5 cm³/mol. The molecule has 1 heterocycles. The van der Waals surface area contributed by atoms with Crippen molar-refractivity contribution in [2.45, 2.75) is 19.1 Å². The van der Waals surface area contributed by atoms with Crippen LogP contribution in [0, 0.1) is 0 Å². The van der Waals surface area contributed by atoms with Crippen molar-refractivity contribution in [2.75, 3.05) is 13.3 Å². The molecule has 0 aromatic heterocycles. The molecule has 0 aliphatic carbocycles. The fourth-order valence-corrected chi connectivity index (χ4v) is 13.3. The summed E-state index contributed by atoms with van der Waals surface area (Å²) in [5.41, 5.74) is 0. The van der Waals surface area contributed by atoms with Crippen molar-refractivity contribution in [1.29, 1.82) is 0 Å². The average Bonchev–Trinajstić information content (AvgIpc) is 2.21. The third-order valence-corrected chi connectivity index (χ3v) is 13.8. The van der Waals surface area contributed by atoms with Crippen LogP contribution in [0.25, 0.3) is 0 Å². The average molecular weight is 605 g/mol. The summed E-state index contributed by atoms with van der Waals surface area (Å²) < 4.78 is 202. The van der Waals surface area contributed by atoms with E-state index in [2.05, 4.69) is 18.1 Å². The lowest BCUT2D eigenvalue weighted by Crippen LogP contribution is -2.12. The van der Waals surface area contributed by atoms with Crippen molar-refractivity contribution in [1.82, 2.24) is 0 Å². The highest BCUT2D eigenvalue weighted by Crippen LogP contribution is 2.82. The van der Waals surface area contributed by atoms with Crippen molar-refractivity contribution in [3.63, 3.8) is 0 Å². The van der Waals surface area contributed by atoms with E-state index in [4.69, 9.17) is 0 Å². The van der Waals surface area contributed by atoms with E-state index < -0.39 is 57.3 Å². The Labute approximate surface area is 168 Å². The van der Waals surface area contributed by atoms with Crippen molar-refractivity contribution >= 4 is 38.3 Å². The molecule has 32 heavy (non-hydrogen) atoms. The molecule has 0 saturated heterocycles. The molecule has 5 unspecified atom stereocenters. The van der Waals surface area contributed by atoms with Gasteiger partial charge in [0.2, 0.25) is 15.0 Å². The first-order valence-electron chi connectivity index (χ1n) is 6.60. The van der Waals surface area contributed by atoms with Gasteiger partial charge < -0.3 is 0 Å². The highest BCUT2D eigenvalue weighted by Gasteiger charge is 2.50. The van der Waals surface area contributed by atoms with E-state index in [9.17, 15) is 60.5 Å². The van der Waals surface area contributed by atoms with Gasteiger partial charge in [0, 0.05) is 13.3 Å². The molecular formula is C5H6F14N5O3P5. The lowest BCUT2D eigenvalue weighted by atomic mass is 11.4. The number of rotatable bonds is 3. The van der Waals surface area contributed by atoms with E-state index in [-0.39, 0.29) is 13.3 Å². The van der Waals surface area contributed by atoms with Crippen molar-refractivity contribution in [2.24, 2.45) is 22.6 Å². The summed E-state index contributed by atoms with van der Waals surface area (Å²) in [5, 5.41) is 0. The Balaban J connectivity index is 4.28. The van der Waals surface area contributed by atoms with Crippen LogP contribution in [0.1, 0.15) is 0 Å². The second-order valence-electron chi connectivity index (χ2n) is 5.10. The Bertz CT molecular complexity index is 990. The molecule has 0 fully saturated rings. The Morgan fingerprint density at radius 2 is 0.688 bits per heavy atom. The quantitative estimate of drug-likeness (QED) is 0.237. The molecule has 0 aromatic rings. The van der Waals surface area contributed by atoms with Gasteiger partial charge in [-0.3, -0.25) is 0 Å². The second kappa shape index (κ2) is 8.92. The molecule has 1 aliphatic rings. The van der Waals surface area contributed by atoms with Gasteiger partial charge in [0.15, 0.2) is 0 Å². The molecular weight excluding hydrogens is 599 g/mol. The molecule has 192 valence electrons. The highest BCUT2D eigenvalue weighted by molar-refractivity contribution is 7.80. The first-order chi connectivity index (χ1) is 13.7. The Morgan fingerprint density at radius 3 is 1.00 bits per heavy atom. The fourth-order valence-electron chi connectivity index (χ4n) is 1.57. The lowest BCUT2D eigenvalue weighted by molar-refractivity contribution is -0.275. The fraction of sp³-hybridized carbons (Fsp3) is 1.00. The van der Waals surface area contributed by atoms with Gasteiger partial charge in [-0.15, -0.1) is 48.5 Å². The molecule has 5 atom stereocenters. The normalized spacial score (nSPS) is 39.6. The smallest absolute Gasteiger partial charge is 0.207 e. The minimum Gasteiger partial charge on any atom is -0.207 e. The minimum absolute atomic E-state index is 0.0887. The van der Waals surface area contributed by atoms with Gasteiger partial charge in [0.05, 0.1) is 0 Å². The van der Waals surface area contributed by atoms with Crippen LogP contribution in [0.5, 0.6) is 0 Å². The standard InChI is InChI=1S/C5H6F14N5O3P5/c1-28(15)20-29(2,16)22-31(18,26-4(9,10)11)24-32(19,27-5(12,13)14)23-30(17,21-28)25-3(6,7)8/h1-2H3. The van der Waals surface area contributed by atoms with Crippen LogP contribution >= 0.6 is 38.3 Å². The number of alkyl halides is 9. The van der Waals surface area contributed by atoms with E-state index in [0.717, 1.165) is 0 Å². The molecule has 0 bridgehead atoms. The Hall–Kier alpha value is 0.0500. The van der Waals surface area contributed by atoms with Crippen molar-refractivity contribution in [3.8, 4) is 0 Å². The highest BCUT2D eigenvalue weighted by atomic mass is 31.3. The van der Waals surface area contributed by atoms with Gasteiger partial charge in [0.1, 0.15) is 0 Å². The van der Waals surface area contributed by atoms with Crippen molar-refractivity contribution in [3.05, 3.63) is 0 Å². The van der Waals surface area contributed by atoms with E-state index >= 15 is 0 Å². The van der Waals surface area contributed by atoms with E-state index in [1.165, 1.54) is 9.03 Å². The Kier molecular flexibility index (Phi) is 8.39. The SMILES string of the molecule is CP1(F)=NP(C)(F)=NP(F)(OC(F)(F)F)=NP(F)(OC(F)(F)F)=NP(F)(OC(F)(F)F)=N1. The minimum atomic E-state index is -7.43. The molecule has 1 rings (SSSR count). The number of hydrogen-bond acceptors (Lipinski definition) is 8. The molecule has 0 saturated carbocycles. The zero-order chi connectivity index (χ0) is 25.7. The number of nitrogens with zero attached hydrogens (tertiary/aromatic N) is 5. The van der Waals surface area contributed by atoms with E-state index in [1.54, 1.807) is 0 Å². The summed E-state index contributed by atoms with van der Waals surface area (Å²) >= 11 is 0. The maximum atomic E-state index is 14.6. The summed E-state index contributed by atoms with van der Waals surface area (Å²) in [5.74, 6) is 0. The molecule has 8 nitrogen and oxygen atoms in total. The summed E-state index contributed by atoms with van der Waals surface area (Å²) in [6.45, 7) is -0.177. The Morgan fingerprint density at radius 1 is 0.438 bits per heavy atom. The van der Waals surface area contributed by atoms with Crippen LogP contribution in [0.15, 0.2) is 22.6 Å². The van der Waals surface area contributed by atoms with Gasteiger partial charge in [-0.2, -0.15) is 34.5 Å². The van der Waals surface area contributed by atoms with Crippen LogP contribution in [0.4, 0.5) is 60.5 Å². The second-order valence-corrected chi connectivity index (χ2v) is 15.3. The molecule has 0 spiro atoms. The summed E-state index contributed by atoms with van der Waals surface area (Å²) in [7, 11) is -33.1. The van der Waals surface area contributed by atoms with Gasteiger partial charge in [-0.1, -0.05) is 0 Å². The molecule has 27 heteroatoms. The van der Waals surface area contributed by atoms with Crippen LogP contribution in [0.3, 0.4) is 0 Å². The first-order valence-corrected chi connectivity index (χ1v) is 15.2. The van der Waals surface area contributed by atoms with Crippen LogP contribution in [-0.4, -0.2) is 32.4 Å². The molecule has 1 aliphatic heterocycles. The summed E-state index contributed by atoms with van der Waals surface area (Å²) in [6.07, 6.45) is -18.9. The molecule has 0 N–H and O–H groups in total. The van der Waals surface area contributed by atoms with Gasteiger partial charge >= 0.3 is 42.3 Å². The third-order valence-electron chi connectivity index (χ3n) is 1.97. The third kappa shape index (κ3) is 11.0. The molecule has 0 amide bonds. The maximum absolute atomic E-state index is 14.6. The van der Waals surface area contributed by atoms with Gasteiger partial charge in [0.25, 0.3) is 0 Å². The zero-order valence-corrected chi connectivity index (χ0v) is 19.0. The van der Waals surface area contributed by atoms with E-state index in [1.807, 2.05) is 9.03 Å². The van der Waals surface area contributed by atoms with Gasteiger partial charge in [-0.25, -0.2) is 13.6 Å². The first kappa shape index (κ1) is 30.1. The summed E-state index contributed by atoms with van der Waals surface area (Å²) in [4.78, 5) is 0. The topological polar surface area (TPSA) is 89.5 Å². The van der Waals surface area contributed by atoms with Crippen LogP contribution < -0.4 is 0 Å². The van der Waals surface area contributed by atoms with Crippen LogP contribution in [-0.2, 0) is 13.6 Å². The molecule has 0 radical (unpaired) electrons. The number of hydrogen-bond donors (Lipinski definition) is 0. The van der Waals surface area contributed by atoms with E-state index in [0.29, 0.717) is 0 Å². The van der Waals surface area contributed by atoms with Gasteiger partial charge in [-0.05, 0) is 0 Å².